The maximum absolute atomic E-state index is 13.8. The lowest BCUT2D eigenvalue weighted by molar-refractivity contribution is -0.115. The summed E-state index contributed by atoms with van der Waals surface area (Å²) in [5.74, 6) is -0.0733. The first-order valence-electron chi connectivity index (χ1n) is 8.80. The lowest BCUT2D eigenvalue weighted by Gasteiger charge is -2.15. The number of pyridine rings is 1. The number of nitrogens with one attached hydrogen (secondary N) is 1. The van der Waals surface area contributed by atoms with Gasteiger partial charge in [0.1, 0.15) is 5.82 Å². The minimum atomic E-state index is -0.467. The van der Waals surface area contributed by atoms with Crippen LogP contribution in [0.1, 0.15) is 13.3 Å². The molecule has 1 amide bonds. The van der Waals surface area contributed by atoms with Crippen LogP contribution in [0, 0.1) is 5.82 Å². The number of para-hydroxylation sites is 1. The summed E-state index contributed by atoms with van der Waals surface area (Å²) in [6.45, 7) is 6.19. The first kappa shape index (κ1) is 19.8. The van der Waals surface area contributed by atoms with Gasteiger partial charge in [0.15, 0.2) is 11.0 Å². The third kappa shape index (κ3) is 4.45. The zero-order valence-electron chi connectivity index (χ0n) is 15.4. The number of anilines is 1. The summed E-state index contributed by atoms with van der Waals surface area (Å²) in [7, 11) is 0. The lowest BCUT2D eigenvalue weighted by atomic mass is 10.2. The maximum Gasteiger partial charge on any atom is 0.238 e. The van der Waals surface area contributed by atoms with E-state index >= 15 is 0 Å². The quantitative estimate of drug-likeness (QED) is 0.456. The van der Waals surface area contributed by atoms with Crippen molar-refractivity contribution >= 4 is 23.4 Å². The molecule has 1 atom stereocenters. The van der Waals surface area contributed by atoms with E-state index < -0.39 is 11.1 Å². The molecule has 2 aromatic heterocycles. The van der Waals surface area contributed by atoms with E-state index in [1.54, 1.807) is 30.6 Å². The molecule has 1 N–H and O–H groups in total. The van der Waals surface area contributed by atoms with Crippen molar-refractivity contribution in [1.29, 1.82) is 0 Å². The number of aromatic nitrogens is 4. The monoisotopic (exact) mass is 397 g/mol. The summed E-state index contributed by atoms with van der Waals surface area (Å²) < 4.78 is 15.7. The van der Waals surface area contributed by atoms with Crippen LogP contribution in [0.5, 0.6) is 0 Å². The summed E-state index contributed by atoms with van der Waals surface area (Å²) in [4.78, 5) is 16.7. The Bertz CT molecular complexity index is 960. The molecule has 0 fully saturated rings. The van der Waals surface area contributed by atoms with Gasteiger partial charge in [-0.2, -0.15) is 0 Å². The highest BCUT2D eigenvalue weighted by Gasteiger charge is 2.23. The average molecular weight is 397 g/mol. The molecule has 1 aromatic carbocycles. The molecule has 0 aliphatic carbocycles. The number of carbonyl (C=O) groups excluding carboxylic acids is 1. The molecule has 0 aliphatic rings. The Morgan fingerprint density at radius 2 is 2.04 bits per heavy atom. The Morgan fingerprint density at radius 3 is 2.71 bits per heavy atom. The largest absolute Gasteiger partial charge is 0.323 e. The van der Waals surface area contributed by atoms with Gasteiger partial charge in [-0.3, -0.25) is 14.3 Å². The standard InChI is InChI=1S/C20H20FN5OS/c1-3-13-26-18(14-9-11-22-12-10-14)24-25-20(26)28-17(4-2)19(27)23-16-8-6-5-7-15(16)21/h3,5-12,17H,1,4,13H2,2H3,(H,23,27). The molecule has 28 heavy (non-hydrogen) atoms. The number of benzene rings is 1. The normalized spacial score (nSPS) is 11.8. The highest BCUT2D eigenvalue weighted by atomic mass is 32.2. The molecule has 1 unspecified atom stereocenters. The molecular weight excluding hydrogens is 377 g/mol. The van der Waals surface area contributed by atoms with Crippen LogP contribution in [0.2, 0.25) is 0 Å². The highest BCUT2D eigenvalue weighted by Crippen LogP contribution is 2.29. The van der Waals surface area contributed by atoms with Gasteiger partial charge in [-0.15, -0.1) is 16.8 Å². The molecule has 0 saturated carbocycles. The Balaban J connectivity index is 1.82. The Kier molecular flexibility index (Phi) is 6.54. The third-order valence-electron chi connectivity index (χ3n) is 4.01. The van der Waals surface area contributed by atoms with Gasteiger partial charge < -0.3 is 5.32 Å². The second-order valence-electron chi connectivity index (χ2n) is 5.93. The Morgan fingerprint density at radius 1 is 1.29 bits per heavy atom. The van der Waals surface area contributed by atoms with Gasteiger partial charge in [-0.1, -0.05) is 36.9 Å². The number of halogens is 1. The van der Waals surface area contributed by atoms with Crippen molar-refractivity contribution in [2.75, 3.05) is 5.32 Å². The number of hydrogen-bond acceptors (Lipinski definition) is 5. The molecule has 3 rings (SSSR count). The minimum absolute atomic E-state index is 0.164. The Hall–Kier alpha value is -3.00. The van der Waals surface area contributed by atoms with Gasteiger partial charge >= 0.3 is 0 Å². The van der Waals surface area contributed by atoms with Crippen molar-refractivity contribution in [2.45, 2.75) is 30.3 Å². The summed E-state index contributed by atoms with van der Waals surface area (Å²) in [6, 6.07) is 9.79. The number of hydrogen-bond donors (Lipinski definition) is 1. The fraction of sp³-hybridized carbons (Fsp3) is 0.200. The Labute approximate surface area is 166 Å². The van der Waals surface area contributed by atoms with Crippen LogP contribution in [-0.2, 0) is 11.3 Å². The second kappa shape index (κ2) is 9.27. The van der Waals surface area contributed by atoms with E-state index in [9.17, 15) is 9.18 Å². The maximum atomic E-state index is 13.8. The van der Waals surface area contributed by atoms with Crippen LogP contribution in [0.25, 0.3) is 11.4 Å². The van der Waals surface area contributed by atoms with Crippen molar-refractivity contribution < 1.29 is 9.18 Å². The number of nitrogens with zero attached hydrogens (tertiary/aromatic N) is 4. The molecule has 6 nitrogen and oxygen atoms in total. The van der Waals surface area contributed by atoms with Crippen molar-refractivity contribution in [2.24, 2.45) is 0 Å². The predicted molar refractivity (Wildman–Crippen MR) is 108 cm³/mol. The summed E-state index contributed by atoms with van der Waals surface area (Å²) in [6.07, 6.45) is 5.67. The van der Waals surface area contributed by atoms with Gasteiger partial charge in [-0.25, -0.2) is 4.39 Å². The molecule has 0 spiro atoms. The van der Waals surface area contributed by atoms with Crippen LogP contribution in [0.4, 0.5) is 10.1 Å². The number of amides is 1. The first-order chi connectivity index (χ1) is 13.6. The van der Waals surface area contributed by atoms with Gasteiger partial charge in [0.05, 0.1) is 10.9 Å². The third-order valence-corrected chi connectivity index (χ3v) is 5.35. The molecule has 8 heteroatoms. The van der Waals surface area contributed by atoms with E-state index in [-0.39, 0.29) is 11.6 Å². The zero-order valence-corrected chi connectivity index (χ0v) is 16.2. The molecular formula is C20H20FN5OS. The summed E-state index contributed by atoms with van der Waals surface area (Å²) >= 11 is 1.30. The SMILES string of the molecule is C=CCn1c(SC(CC)C(=O)Nc2ccccc2F)nnc1-c1ccncc1. The van der Waals surface area contributed by atoms with Crippen molar-refractivity contribution in [1.82, 2.24) is 19.7 Å². The van der Waals surface area contributed by atoms with Crippen LogP contribution >= 0.6 is 11.8 Å². The molecule has 0 radical (unpaired) electrons. The van der Waals surface area contributed by atoms with E-state index in [1.807, 2.05) is 23.6 Å². The molecule has 3 aromatic rings. The number of rotatable bonds is 8. The number of allylic oxidation sites excluding steroid dienone is 1. The van der Waals surface area contributed by atoms with Gasteiger partial charge in [0, 0.05) is 24.5 Å². The van der Waals surface area contributed by atoms with Gasteiger partial charge in [-0.05, 0) is 30.7 Å². The first-order valence-corrected chi connectivity index (χ1v) is 9.68. The van der Waals surface area contributed by atoms with Crippen LogP contribution in [0.3, 0.4) is 0 Å². The van der Waals surface area contributed by atoms with E-state index in [2.05, 4.69) is 27.1 Å². The van der Waals surface area contributed by atoms with Gasteiger partial charge in [0.25, 0.3) is 0 Å². The number of carbonyl (C=O) groups is 1. The highest BCUT2D eigenvalue weighted by molar-refractivity contribution is 8.00. The molecule has 0 saturated heterocycles. The van der Waals surface area contributed by atoms with Crippen molar-refractivity contribution in [3.63, 3.8) is 0 Å². The fourth-order valence-electron chi connectivity index (χ4n) is 2.61. The van der Waals surface area contributed by atoms with E-state index in [0.717, 1.165) is 5.56 Å². The molecule has 0 aliphatic heterocycles. The predicted octanol–water partition coefficient (Wildman–Crippen LogP) is 4.17. The van der Waals surface area contributed by atoms with E-state index in [1.165, 1.54) is 23.9 Å². The fourth-order valence-corrected chi connectivity index (χ4v) is 3.57. The lowest BCUT2D eigenvalue weighted by Crippen LogP contribution is -2.25. The number of thioether (sulfide) groups is 1. The van der Waals surface area contributed by atoms with E-state index in [4.69, 9.17) is 0 Å². The van der Waals surface area contributed by atoms with Crippen LogP contribution in [-0.4, -0.2) is 30.9 Å². The zero-order chi connectivity index (χ0) is 19.9. The van der Waals surface area contributed by atoms with Gasteiger partial charge in [0.2, 0.25) is 5.91 Å². The second-order valence-corrected chi connectivity index (χ2v) is 7.10. The minimum Gasteiger partial charge on any atom is -0.323 e. The van der Waals surface area contributed by atoms with Crippen molar-refractivity contribution in [3.05, 3.63) is 67.3 Å². The van der Waals surface area contributed by atoms with Crippen LogP contribution < -0.4 is 5.32 Å². The van der Waals surface area contributed by atoms with E-state index in [0.29, 0.717) is 23.9 Å². The van der Waals surface area contributed by atoms with Crippen molar-refractivity contribution in [3.8, 4) is 11.4 Å². The average Bonchev–Trinajstić information content (AvgIpc) is 3.11. The summed E-state index contributed by atoms with van der Waals surface area (Å²) in [5.41, 5.74) is 1.04. The summed E-state index contributed by atoms with van der Waals surface area (Å²) in [5, 5.41) is 11.3. The van der Waals surface area contributed by atoms with Crippen LogP contribution in [0.15, 0.2) is 66.6 Å². The smallest absolute Gasteiger partial charge is 0.238 e. The topological polar surface area (TPSA) is 72.7 Å². The molecule has 144 valence electrons. The molecule has 0 bridgehead atoms. The molecule has 2 heterocycles.